The van der Waals surface area contributed by atoms with E-state index in [1.165, 1.54) is 18.1 Å². The second kappa shape index (κ2) is 4.26. The Morgan fingerprint density at radius 1 is 1.31 bits per heavy atom. The Morgan fingerprint density at radius 2 is 2.00 bits per heavy atom. The number of carbonyl (C=O) groups excluding carboxylic acids is 1. The lowest BCUT2D eigenvalue weighted by atomic mass is 10.1. The zero-order valence-corrected chi connectivity index (χ0v) is 10.1. The number of likely N-dealkylation sites (N-methyl/N-ethyl adjacent to an activating group) is 1. The predicted molar refractivity (Wildman–Crippen MR) is 65.6 cm³/mol. The van der Waals surface area contributed by atoms with E-state index < -0.39 is 0 Å². The van der Waals surface area contributed by atoms with Crippen LogP contribution in [0.3, 0.4) is 0 Å². The van der Waals surface area contributed by atoms with Crippen LogP contribution in [0.25, 0.3) is 0 Å². The molecule has 1 aliphatic carbocycles. The van der Waals surface area contributed by atoms with Gasteiger partial charge in [-0.3, -0.25) is 4.79 Å². The quantitative estimate of drug-likeness (QED) is 0.819. The molecular formula is C13H18N2O. The minimum absolute atomic E-state index is 0.0119. The van der Waals surface area contributed by atoms with E-state index in [9.17, 15) is 4.79 Å². The van der Waals surface area contributed by atoms with Crippen LogP contribution in [0.2, 0.25) is 0 Å². The van der Waals surface area contributed by atoms with Crippen molar-refractivity contribution < 1.29 is 4.79 Å². The van der Waals surface area contributed by atoms with Gasteiger partial charge in [-0.05, 0) is 50.2 Å². The van der Waals surface area contributed by atoms with Crippen molar-refractivity contribution in [2.24, 2.45) is 0 Å². The molecule has 3 heteroatoms. The molecule has 0 saturated carbocycles. The fraction of sp³-hybridized carbons (Fsp3) is 0.462. The molecule has 0 aromatic heterocycles. The van der Waals surface area contributed by atoms with Gasteiger partial charge >= 0.3 is 0 Å². The standard InChI is InChI=1S/C13H18N2O/c1-9(16)14-12-5-4-10-7-13(15(2)3)8-11(10)6-12/h4-6,13H,7-8H2,1-3H3,(H,14,16). The molecule has 3 nitrogen and oxygen atoms in total. The molecule has 1 atom stereocenters. The third kappa shape index (κ3) is 2.25. The van der Waals surface area contributed by atoms with Gasteiger partial charge in [-0.25, -0.2) is 0 Å². The average Bonchev–Trinajstić information content (AvgIpc) is 2.59. The fourth-order valence-corrected chi connectivity index (χ4v) is 2.24. The summed E-state index contributed by atoms with van der Waals surface area (Å²) in [7, 11) is 4.23. The number of nitrogens with zero attached hydrogens (tertiary/aromatic N) is 1. The largest absolute Gasteiger partial charge is 0.326 e. The van der Waals surface area contributed by atoms with Gasteiger partial charge in [-0.15, -0.1) is 0 Å². The molecule has 16 heavy (non-hydrogen) atoms. The van der Waals surface area contributed by atoms with Gasteiger partial charge in [0.15, 0.2) is 0 Å². The van der Waals surface area contributed by atoms with E-state index in [4.69, 9.17) is 0 Å². The second-order valence-electron chi connectivity index (χ2n) is 4.69. The lowest BCUT2D eigenvalue weighted by Gasteiger charge is -2.17. The van der Waals surface area contributed by atoms with Gasteiger partial charge < -0.3 is 10.2 Å². The van der Waals surface area contributed by atoms with E-state index >= 15 is 0 Å². The van der Waals surface area contributed by atoms with Gasteiger partial charge in [0.05, 0.1) is 0 Å². The van der Waals surface area contributed by atoms with Crippen LogP contribution in [-0.4, -0.2) is 30.9 Å². The van der Waals surface area contributed by atoms with Gasteiger partial charge in [0.25, 0.3) is 0 Å². The van der Waals surface area contributed by atoms with E-state index in [1.807, 2.05) is 6.07 Å². The summed E-state index contributed by atoms with van der Waals surface area (Å²) in [4.78, 5) is 13.2. The van der Waals surface area contributed by atoms with Crippen molar-refractivity contribution in [3.8, 4) is 0 Å². The second-order valence-corrected chi connectivity index (χ2v) is 4.69. The van der Waals surface area contributed by atoms with Crippen LogP contribution in [0.5, 0.6) is 0 Å². The van der Waals surface area contributed by atoms with Crippen LogP contribution < -0.4 is 5.32 Å². The summed E-state index contributed by atoms with van der Waals surface area (Å²) in [6, 6.07) is 6.81. The maximum Gasteiger partial charge on any atom is 0.221 e. The van der Waals surface area contributed by atoms with E-state index in [0.29, 0.717) is 6.04 Å². The van der Waals surface area contributed by atoms with E-state index in [0.717, 1.165) is 18.5 Å². The van der Waals surface area contributed by atoms with Gasteiger partial charge in [0.2, 0.25) is 5.91 Å². The highest BCUT2D eigenvalue weighted by Crippen LogP contribution is 2.27. The number of fused-ring (bicyclic) bond motifs is 1. The molecule has 86 valence electrons. The summed E-state index contributed by atoms with van der Waals surface area (Å²) >= 11 is 0. The molecule has 0 fully saturated rings. The van der Waals surface area contributed by atoms with E-state index in [-0.39, 0.29) is 5.91 Å². The van der Waals surface area contributed by atoms with Crippen LogP contribution >= 0.6 is 0 Å². The molecule has 0 spiro atoms. The van der Waals surface area contributed by atoms with E-state index in [1.54, 1.807) is 0 Å². The topological polar surface area (TPSA) is 32.3 Å². The first-order valence-corrected chi connectivity index (χ1v) is 5.62. The first-order valence-electron chi connectivity index (χ1n) is 5.62. The SMILES string of the molecule is CC(=O)Nc1ccc2c(c1)CC(N(C)C)C2. The van der Waals surface area contributed by atoms with Crippen LogP contribution in [0.15, 0.2) is 18.2 Å². The molecule has 1 aliphatic rings. The molecular weight excluding hydrogens is 200 g/mol. The van der Waals surface area contributed by atoms with Gasteiger partial charge in [-0.2, -0.15) is 0 Å². The monoisotopic (exact) mass is 218 g/mol. The van der Waals surface area contributed by atoms with Crippen molar-refractivity contribution >= 4 is 11.6 Å². The maximum absolute atomic E-state index is 11.0. The first-order chi connectivity index (χ1) is 7.56. The van der Waals surface area contributed by atoms with Crippen molar-refractivity contribution in [1.29, 1.82) is 0 Å². The van der Waals surface area contributed by atoms with Gasteiger partial charge in [0.1, 0.15) is 0 Å². The molecule has 1 N–H and O–H groups in total. The number of hydrogen-bond acceptors (Lipinski definition) is 2. The number of carbonyl (C=O) groups is 1. The molecule has 1 aromatic carbocycles. The lowest BCUT2D eigenvalue weighted by molar-refractivity contribution is -0.114. The van der Waals surface area contributed by atoms with Crippen molar-refractivity contribution in [1.82, 2.24) is 4.90 Å². The molecule has 1 aromatic rings. The molecule has 0 radical (unpaired) electrons. The lowest BCUT2D eigenvalue weighted by Crippen LogP contribution is -2.27. The third-order valence-corrected chi connectivity index (χ3v) is 3.17. The predicted octanol–water partition coefficient (Wildman–Crippen LogP) is 1.67. The number of rotatable bonds is 2. The third-order valence-electron chi connectivity index (χ3n) is 3.17. The highest BCUT2D eigenvalue weighted by molar-refractivity contribution is 5.88. The van der Waals surface area contributed by atoms with Crippen molar-refractivity contribution in [3.05, 3.63) is 29.3 Å². The smallest absolute Gasteiger partial charge is 0.221 e. The highest BCUT2D eigenvalue weighted by atomic mass is 16.1. The Labute approximate surface area is 96.5 Å². The first kappa shape index (κ1) is 11.1. The van der Waals surface area contributed by atoms with Crippen LogP contribution in [0.1, 0.15) is 18.1 Å². The van der Waals surface area contributed by atoms with E-state index in [2.05, 4.69) is 36.4 Å². The molecule has 0 saturated heterocycles. The average molecular weight is 218 g/mol. The summed E-state index contributed by atoms with van der Waals surface area (Å²) < 4.78 is 0. The zero-order chi connectivity index (χ0) is 11.7. The molecule has 1 amide bonds. The van der Waals surface area contributed by atoms with Crippen LogP contribution in [0, 0.1) is 0 Å². The maximum atomic E-state index is 11.0. The summed E-state index contributed by atoms with van der Waals surface area (Å²) in [5, 5.41) is 2.83. The highest BCUT2D eigenvalue weighted by Gasteiger charge is 2.22. The van der Waals surface area contributed by atoms with Crippen molar-refractivity contribution in [2.75, 3.05) is 19.4 Å². The Hall–Kier alpha value is -1.35. The zero-order valence-electron chi connectivity index (χ0n) is 10.1. The molecule has 2 rings (SSSR count). The molecule has 1 unspecified atom stereocenters. The summed E-state index contributed by atoms with van der Waals surface area (Å²) in [6.07, 6.45) is 2.19. The minimum atomic E-state index is -0.0119. The Kier molecular flexibility index (Phi) is 2.97. The Balaban J connectivity index is 2.17. The molecule has 0 bridgehead atoms. The fourth-order valence-electron chi connectivity index (χ4n) is 2.24. The number of anilines is 1. The molecule has 0 aliphatic heterocycles. The number of nitrogens with one attached hydrogen (secondary N) is 1. The van der Waals surface area contributed by atoms with Crippen LogP contribution in [0.4, 0.5) is 5.69 Å². The summed E-state index contributed by atoms with van der Waals surface area (Å²) in [5.74, 6) is -0.0119. The van der Waals surface area contributed by atoms with Crippen molar-refractivity contribution in [2.45, 2.75) is 25.8 Å². The van der Waals surface area contributed by atoms with Gasteiger partial charge in [0, 0.05) is 18.7 Å². The summed E-state index contributed by atoms with van der Waals surface area (Å²) in [6.45, 7) is 1.54. The van der Waals surface area contributed by atoms with Crippen LogP contribution in [-0.2, 0) is 17.6 Å². The number of amides is 1. The Morgan fingerprint density at radius 3 is 2.62 bits per heavy atom. The molecule has 0 heterocycles. The minimum Gasteiger partial charge on any atom is -0.326 e. The summed E-state index contributed by atoms with van der Waals surface area (Å²) in [5.41, 5.74) is 3.68. The number of benzene rings is 1. The van der Waals surface area contributed by atoms with Gasteiger partial charge in [-0.1, -0.05) is 6.07 Å². The Bertz CT molecular complexity index is 412. The van der Waals surface area contributed by atoms with Crippen molar-refractivity contribution in [3.63, 3.8) is 0 Å². The number of hydrogen-bond donors (Lipinski definition) is 1. The normalized spacial score (nSPS) is 18.6.